The molecule has 4 rings (SSSR count). The van der Waals surface area contributed by atoms with Crippen molar-refractivity contribution >= 4 is 56.3 Å². The van der Waals surface area contributed by atoms with Crippen LogP contribution in [0, 0.1) is 6.92 Å². The van der Waals surface area contributed by atoms with Gasteiger partial charge in [0.05, 0.1) is 16.3 Å². The van der Waals surface area contributed by atoms with Crippen molar-refractivity contribution in [3.05, 3.63) is 70.2 Å². The van der Waals surface area contributed by atoms with E-state index in [4.69, 9.17) is 11.6 Å². The molecule has 0 spiro atoms. The van der Waals surface area contributed by atoms with E-state index < -0.39 is 0 Å². The van der Waals surface area contributed by atoms with Gasteiger partial charge in [-0.25, -0.2) is 4.68 Å². The summed E-state index contributed by atoms with van der Waals surface area (Å²) < 4.78 is 1.80. The van der Waals surface area contributed by atoms with E-state index in [1.807, 2.05) is 31.2 Å². The third-order valence-electron chi connectivity index (χ3n) is 4.26. The number of carbonyl (C=O) groups is 2. The predicted molar refractivity (Wildman–Crippen MR) is 117 cm³/mol. The number of hydrogen-bond donors (Lipinski definition) is 2. The molecule has 0 fully saturated rings. The molecule has 0 radical (unpaired) electrons. The number of aromatic nitrogens is 2. The first-order valence-corrected chi connectivity index (χ1v) is 10.0. The van der Waals surface area contributed by atoms with E-state index in [0.29, 0.717) is 21.3 Å². The summed E-state index contributed by atoms with van der Waals surface area (Å²) in [5, 5.41) is 11.7. The lowest BCUT2D eigenvalue weighted by Crippen LogP contribution is -2.11. The van der Waals surface area contributed by atoms with Crippen LogP contribution in [-0.4, -0.2) is 21.6 Å². The van der Waals surface area contributed by atoms with Gasteiger partial charge in [0.1, 0.15) is 4.83 Å². The van der Waals surface area contributed by atoms with Gasteiger partial charge in [-0.05, 0) is 49.4 Å². The minimum atomic E-state index is -0.219. The Bertz CT molecular complexity index is 1240. The number of fused-ring (bicyclic) bond motifs is 1. The molecule has 146 valence electrons. The third-order valence-corrected chi connectivity index (χ3v) is 5.61. The molecule has 0 saturated heterocycles. The van der Waals surface area contributed by atoms with Crippen LogP contribution in [0.1, 0.15) is 22.3 Å². The summed E-state index contributed by atoms with van der Waals surface area (Å²) in [7, 11) is 0. The molecule has 4 aromatic rings. The first-order chi connectivity index (χ1) is 13.9. The van der Waals surface area contributed by atoms with Crippen molar-refractivity contribution in [1.82, 2.24) is 9.78 Å². The zero-order chi connectivity index (χ0) is 20.5. The summed E-state index contributed by atoms with van der Waals surface area (Å²) in [5.74, 6) is -0.387. The van der Waals surface area contributed by atoms with Crippen LogP contribution in [0.25, 0.3) is 15.9 Å². The third kappa shape index (κ3) is 4.01. The molecule has 8 heteroatoms. The van der Waals surface area contributed by atoms with E-state index >= 15 is 0 Å². The number of benzene rings is 2. The summed E-state index contributed by atoms with van der Waals surface area (Å²) in [6.45, 7) is 3.35. The van der Waals surface area contributed by atoms with Crippen molar-refractivity contribution in [2.45, 2.75) is 13.8 Å². The maximum atomic E-state index is 12.8. The highest BCUT2D eigenvalue weighted by Gasteiger charge is 2.17. The first-order valence-electron chi connectivity index (χ1n) is 8.85. The number of nitrogens with one attached hydrogen (secondary N) is 2. The zero-order valence-electron chi connectivity index (χ0n) is 15.7. The van der Waals surface area contributed by atoms with Gasteiger partial charge in [-0.15, -0.1) is 11.3 Å². The molecular weight excluding hydrogens is 408 g/mol. The average Bonchev–Trinajstić information content (AvgIpc) is 3.22. The maximum absolute atomic E-state index is 12.8. The quantitative estimate of drug-likeness (QED) is 0.469. The Morgan fingerprint density at radius 2 is 1.76 bits per heavy atom. The van der Waals surface area contributed by atoms with Crippen LogP contribution in [0.15, 0.2) is 54.6 Å². The molecule has 0 atom stereocenters. The number of nitrogens with zero attached hydrogens (tertiary/aromatic N) is 2. The molecule has 29 heavy (non-hydrogen) atoms. The monoisotopic (exact) mass is 424 g/mol. The van der Waals surface area contributed by atoms with Crippen LogP contribution in [0.5, 0.6) is 0 Å². The predicted octanol–water partition coefficient (Wildman–Crippen LogP) is 5.26. The fourth-order valence-corrected chi connectivity index (χ4v) is 4.28. The molecule has 0 saturated carbocycles. The minimum Gasteiger partial charge on any atom is -0.326 e. The van der Waals surface area contributed by atoms with Crippen LogP contribution >= 0.6 is 22.9 Å². The number of amides is 2. The van der Waals surface area contributed by atoms with Gasteiger partial charge in [-0.3, -0.25) is 9.59 Å². The Labute approximate surface area is 176 Å². The molecule has 2 aromatic heterocycles. The Morgan fingerprint density at radius 1 is 1.03 bits per heavy atom. The topological polar surface area (TPSA) is 76.0 Å². The van der Waals surface area contributed by atoms with Gasteiger partial charge in [0.15, 0.2) is 0 Å². The van der Waals surface area contributed by atoms with Gasteiger partial charge in [-0.2, -0.15) is 5.10 Å². The zero-order valence-corrected chi connectivity index (χ0v) is 17.3. The molecule has 6 nitrogen and oxygen atoms in total. The van der Waals surface area contributed by atoms with Crippen molar-refractivity contribution in [3.63, 3.8) is 0 Å². The fourth-order valence-electron chi connectivity index (χ4n) is 3.01. The maximum Gasteiger partial charge on any atom is 0.265 e. The van der Waals surface area contributed by atoms with Crippen molar-refractivity contribution in [2.75, 3.05) is 10.6 Å². The lowest BCUT2D eigenvalue weighted by Gasteiger charge is -2.07. The number of rotatable bonds is 4. The molecule has 0 unspecified atom stereocenters. The van der Waals surface area contributed by atoms with Crippen LogP contribution in [0.4, 0.5) is 11.4 Å². The van der Waals surface area contributed by atoms with Crippen molar-refractivity contribution in [3.8, 4) is 5.69 Å². The summed E-state index contributed by atoms with van der Waals surface area (Å²) in [5.41, 5.74) is 2.90. The van der Waals surface area contributed by atoms with E-state index in [0.717, 1.165) is 21.6 Å². The number of hydrogen-bond acceptors (Lipinski definition) is 4. The van der Waals surface area contributed by atoms with Crippen molar-refractivity contribution < 1.29 is 9.59 Å². The number of aryl methyl sites for hydroxylation is 1. The van der Waals surface area contributed by atoms with E-state index in [-0.39, 0.29) is 11.8 Å². The van der Waals surface area contributed by atoms with Crippen LogP contribution in [-0.2, 0) is 4.79 Å². The Morgan fingerprint density at radius 3 is 2.48 bits per heavy atom. The van der Waals surface area contributed by atoms with Crippen LogP contribution in [0.2, 0.25) is 5.02 Å². The molecule has 2 heterocycles. The second kappa shape index (κ2) is 7.69. The minimum absolute atomic E-state index is 0.168. The average molecular weight is 425 g/mol. The lowest BCUT2D eigenvalue weighted by atomic mass is 10.2. The van der Waals surface area contributed by atoms with Crippen molar-refractivity contribution in [2.24, 2.45) is 0 Å². The summed E-state index contributed by atoms with van der Waals surface area (Å²) in [4.78, 5) is 25.5. The SMILES string of the molecule is CC(=O)Nc1cccc(NC(=O)c2cc3c(C)nn(-c4cccc(Cl)c4)c3s2)c1. The van der Waals surface area contributed by atoms with Gasteiger partial charge in [0, 0.05) is 28.7 Å². The van der Waals surface area contributed by atoms with E-state index in [9.17, 15) is 9.59 Å². The molecule has 2 aromatic carbocycles. The Kier molecular flexibility index (Phi) is 5.08. The van der Waals surface area contributed by atoms with Gasteiger partial charge in [-0.1, -0.05) is 23.7 Å². The summed E-state index contributed by atoms with van der Waals surface area (Å²) >= 11 is 7.48. The Hall–Kier alpha value is -3.16. The first kappa shape index (κ1) is 19.2. The lowest BCUT2D eigenvalue weighted by molar-refractivity contribution is -0.114. The van der Waals surface area contributed by atoms with Crippen LogP contribution < -0.4 is 10.6 Å². The molecule has 0 aliphatic rings. The molecule has 0 bridgehead atoms. The standard InChI is InChI=1S/C21H17ClN4O2S/c1-12-18-11-19(20(28)24-16-7-4-6-15(10-16)23-13(2)27)29-21(18)26(25-12)17-8-3-5-14(22)9-17/h3-11H,1-2H3,(H,23,27)(H,24,28). The van der Waals surface area contributed by atoms with E-state index in [1.165, 1.54) is 18.3 Å². The van der Waals surface area contributed by atoms with Gasteiger partial charge >= 0.3 is 0 Å². The number of thiophene rings is 1. The van der Waals surface area contributed by atoms with Crippen molar-refractivity contribution in [1.29, 1.82) is 0 Å². The summed E-state index contributed by atoms with van der Waals surface area (Å²) in [6.07, 6.45) is 0. The molecule has 0 aliphatic heterocycles. The number of anilines is 2. The smallest absolute Gasteiger partial charge is 0.265 e. The second-order valence-corrected chi connectivity index (χ2v) is 7.99. The fraction of sp³-hybridized carbons (Fsp3) is 0.0952. The molecule has 2 amide bonds. The highest BCUT2D eigenvalue weighted by atomic mass is 35.5. The number of carbonyl (C=O) groups excluding carboxylic acids is 2. The summed E-state index contributed by atoms with van der Waals surface area (Å²) in [6, 6.07) is 16.3. The Balaban J connectivity index is 1.64. The second-order valence-electron chi connectivity index (χ2n) is 6.52. The molecule has 2 N–H and O–H groups in total. The molecular formula is C21H17ClN4O2S. The van der Waals surface area contributed by atoms with Gasteiger partial charge in [0.25, 0.3) is 5.91 Å². The van der Waals surface area contributed by atoms with Gasteiger partial charge in [0.2, 0.25) is 5.91 Å². The van der Waals surface area contributed by atoms with Crippen LogP contribution in [0.3, 0.4) is 0 Å². The normalized spacial score (nSPS) is 10.9. The van der Waals surface area contributed by atoms with E-state index in [1.54, 1.807) is 35.0 Å². The largest absolute Gasteiger partial charge is 0.326 e. The van der Waals surface area contributed by atoms with Gasteiger partial charge < -0.3 is 10.6 Å². The number of halogens is 1. The highest BCUT2D eigenvalue weighted by Crippen LogP contribution is 2.31. The highest BCUT2D eigenvalue weighted by molar-refractivity contribution is 7.20. The van der Waals surface area contributed by atoms with E-state index in [2.05, 4.69) is 15.7 Å². The molecule has 0 aliphatic carbocycles.